The summed E-state index contributed by atoms with van der Waals surface area (Å²) in [5.74, 6) is 0. The number of hydrogen-bond donors (Lipinski definition) is 0. The Morgan fingerprint density at radius 1 is 0.556 bits per heavy atom. The smallest absolute Gasteiger partial charge is 0 e. The lowest BCUT2D eigenvalue weighted by atomic mass is 10.4. The average Bonchev–Trinajstić information content (AvgIpc) is 1.96. The third-order valence-corrected chi connectivity index (χ3v) is 0.667. The van der Waals surface area contributed by atoms with Gasteiger partial charge in [0, 0.05) is 10.8 Å². The van der Waals surface area contributed by atoms with Crippen molar-refractivity contribution >= 4 is 12.4 Å². The van der Waals surface area contributed by atoms with E-state index in [-0.39, 0.29) is 12.4 Å². The maximum absolute atomic E-state index is 6.00. The second kappa shape index (κ2) is 10.0. The van der Waals surface area contributed by atoms with Gasteiger partial charge in [0.25, 0.3) is 0 Å². The molecule has 9 heavy (non-hydrogen) atoms. The highest BCUT2D eigenvalue weighted by atomic mass is 35.5. The predicted molar refractivity (Wildman–Crippen MR) is 37.1 cm³/mol. The summed E-state index contributed by atoms with van der Waals surface area (Å²) in [4.78, 5) is 0. The molecule has 0 aliphatic rings. The zero-order valence-corrected chi connectivity index (χ0v) is 5.58. The average molecular weight is 143 g/mol. The summed E-state index contributed by atoms with van der Waals surface area (Å²) in [5, 5.41) is 12.0. The fourth-order valence-corrected chi connectivity index (χ4v) is 0.385. The van der Waals surface area contributed by atoms with Crippen molar-refractivity contribution in [2.24, 2.45) is 0 Å². The molecular formula is C6H7ClN2. The van der Waals surface area contributed by atoms with Crippen LogP contribution in [0.2, 0.25) is 0 Å². The summed E-state index contributed by atoms with van der Waals surface area (Å²) < 4.78 is 0. The van der Waals surface area contributed by atoms with Crippen LogP contribution in [-0.2, 0) is 0 Å². The van der Waals surface area contributed by atoms with Crippen LogP contribution < -0.4 is 0 Å². The quantitative estimate of drug-likeness (QED) is 0.521. The van der Waals surface area contributed by atoms with Gasteiger partial charge in [-0.2, -0.15) is 0 Å². The number of nitrogens with zero attached hydrogens (tertiary/aromatic N) is 2. The van der Waals surface area contributed by atoms with Gasteiger partial charge in [0.2, 0.25) is 0 Å². The zero-order chi connectivity index (χ0) is 6.24. The van der Waals surface area contributed by atoms with E-state index < -0.39 is 0 Å². The molecule has 0 bridgehead atoms. The SMILES string of the molecule is Cl.N#N.c1ccccc1. The molecule has 3 heteroatoms. The van der Waals surface area contributed by atoms with Crippen molar-refractivity contribution in [3.05, 3.63) is 36.4 Å². The van der Waals surface area contributed by atoms with Gasteiger partial charge in [-0.15, -0.1) is 12.4 Å². The van der Waals surface area contributed by atoms with Gasteiger partial charge >= 0.3 is 0 Å². The minimum Gasteiger partial charge on any atom is -0.147 e. The Bertz CT molecular complexity index is 112. The van der Waals surface area contributed by atoms with Gasteiger partial charge in [-0.25, -0.2) is 0 Å². The van der Waals surface area contributed by atoms with Crippen molar-refractivity contribution in [2.45, 2.75) is 0 Å². The minimum absolute atomic E-state index is 0. The van der Waals surface area contributed by atoms with Gasteiger partial charge < -0.3 is 0 Å². The molecule has 1 rings (SSSR count). The Labute approximate surface area is 60.3 Å². The fourth-order valence-electron chi connectivity index (χ4n) is 0.385. The summed E-state index contributed by atoms with van der Waals surface area (Å²) in [5.41, 5.74) is 0. The molecule has 0 fully saturated rings. The maximum atomic E-state index is 6.00. The Morgan fingerprint density at radius 3 is 0.778 bits per heavy atom. The highest BCUT2D eigenvalue weighted by molar-refractivity contribution is 5.85. The highest BCUT2D eigenvalue weighted by Crippen LogP contribution is 1.79. The molecule has 0 saturated heterocycles. The first kappa shape index (κ1) is 10.8. The summed E-state index contributed by atoms with van der Waals surface area (Å²) in [6.07, 6.45) is 0. The summed E-state index contributed by atoms with van der Waals surface area (Å²) >= 11 is 0. The van der Waals surface area contributed by atoms with Crippen LogP contribution in [0.3, 0.4) is 0 Å². The van der Waals surface area contributed by atoms with Gasteiger partial charge in [0.1, 0.15) is 0 Å². The van der Waals surface area contributed by atoms with E-state index >= 15 is 0 Å². The molecule has 0 N–H and O–H groups in total. The standard InChI is InChI=1S/C6H6.ClH.N2/c1-2-4-6-5-3-1;;1-2/h1-6H;1H;. The van der Waals surface area contributed by atoms with Crippen molar-refractivity contribution in [1.29, 1.82) is 10.8 Å². The molecular weight excluding hydrogens is 136 g/mol. The minimum atomic E-state index is 0. The maximum Gasteiger partial charge on any atom is 0 e. The fraction of sp³-hybridized carbons (Fsp3) is 0. The summed E-state index contributed by atoms with van der Waals surface area (Å²) in [6, 6.07) is 12.0. The lowest BCUT2D eigenvalue weighted by Gasteiger charge is -1.69. The van der Waals surface area contributed by atoms with Crippen LogP contribution in [0.25, 0.3) is 0 Å². The Kier molecular flexibility index (Phi) is 12.1. The van der Waals surface area contributed by atoms with Crippen LogP contribution in [0.4, 0.5) is 0 Å². The second-order valence-electron chi connectivity index (χ2n) is 1.15. The third kappa shape index (κ3) is 6.93. The molecule has 0 heterocycles. The largest absolute Gasteiger partial charge is 0.147 e. The molecule has 0 saturated carbocycles. The van der Waals surface area contributed by atoms with Crippen molar-refractivity contribution in [3.63, 3.8) is 0 Å². The van der Waals surface area contributed by atoms with E-state index in [2.05, 4.69) is 0 Å². The predicted octanol–water partition coefficient (Wildman–Crippen LogP) is 2.14. The van der Waals surface area contributed by atoms with E-state index in [9.17, 15) is 0 Å². The Balaban J connectivity index is 0. The molecule has 0 aromatic heterocycles. The van der Waals surface area contributed by atoms with Crippen LogP contribution in [0.1, 0.15) is 0 Å². The van der Waals surface area contributed by atoms with E-state index in [0.717, 1.165) is 0 Å². The van der Waals surface area contributed by atoms with Crippen LogP contribution in [0.5, 0.6) is 0 Å². The third-order valence-electron chi connectivity index (χ3n) is 0.667. The molecule has 48 valence electrons. The highest BCUT2D eigenvalue weighted by Gasteiger charge is 1.57. The normalized spacial score (nSPS) is 5.56. The van der Waals surface area contributed by atoms with Crippen LogP contribution in [-0.4, -0.2) is 0 Å². The Morgan fingerprint density at radius 2 is 0.667 bits per heavy atom. The number of benzene rings is 1. The molecule has 0 radical (unpaired) electrons. The number of rotatable bonds is 0. The summed E-state index contributed by atoms with van der Waals surface area (Å²) in [7, 11) is 0. The lowest BCUT2D eigenvalue weighted by molar-refractivity contribution is 1.15. The van der Waals surface area contributed by atoms with Gasteiger partial charge in [-0.3, -0.25) is 0 Å². The Hall–Kier alpha value is -1.07. The molecule has 0 unspecified atom stereocenters. The molecule has 2 nitrogen and oxygen atoms in total. The van der Waals surface area contributed by atoms with E-state index in [1.165, 1.54) is 0 Å². The molecule has 0 aliphatic heterocycles. The van der Waals surface area contributed by atoms with Gasteiger partial charge in [-0.05, 0) is 0 Å². The molecule has 0 atom stereocenters. The first-order chi connectivity index (χ1) is 4.00. The van der Waals surface area contributed by atoms with Crippen molar-refractivity contribution in [1.82, 2.24) is 0 Å². The molecule has 0 amide bonds. The topological polar surface area (TPSA) is 47.6 Å². The number of halogens is 1. The van der Waals surface area contributed by atoms with Gasteiger partial charge in [-0.1, -0.05) is 36.4 Å². The monoisotopic (exact) mass is 142 g/mol. The first-order valence-electron chi connectivity index (χ1n) is 2.20. The van der Waals surface area contributed by atoms with E-state index in [1.54, 1.807) is 0 Å². The summed E-state index contributed by atoms with van der Waals surface area (Å²) in [6.45, 7) is 0. The molecule has 1 aromatic rings. The number of hydrogen-bond acceptors (Lipinski definition) is 2. The molecule has 0 spiro atoms. The van der Waals surface area contributed by atoms with Crippen LogP contribution in [0, 0.1) is 10.8 Å². The van der Waals surface area contributed by atoms with E-state index in [4.69, 9.17) is 10.8 Å². The van der Waals surface area contributed by atoms with Crippen LogP contribution in [0.15, 0.2) is 36.4 Å². The first-order valence-corrected chi connectivity index (χ1v) is 2.20. The van der Waals surface area contributed by atoms with Crippen molar-refractivity contribution in [3.8, 4) is 0 Å². The van der Waals surface area contributed by atoms with Gasteiger partial charge in [0.15, 0.2) is 0 Å². The van der Waals surface area contributed by atoms with E-state index in [1.807, 2.05) is 36.4 Å². The van der Waals surface area contributed by atoms with Crippen molar-refractivity contribution in [2.75, 3.05) is 0 Å². The van der Waals surface area contributed by atoms with Gasteiger partial charge in [0.05, 0.1) is 0 Å². The molecule has 0 aliphatic carbocycles. The zero-order valence-electron chi connectivity index (χ0n) is 4.77. The lowest BCUT2D eigenvalue weighted by Crippen LogP contribution is -1.47. The van der Waals surface area contributed by atoms with Crippen LogP contribution >= 0.6 is 12.4 Å². The second-order valence-corrected chi connectivity index (χ2v) is 1.15. The van der Waals surface area contributed by atoms with E-state index in [0.29, 0.717) is 0 Å². The van der Waals surface area contributed by atoms with Crippen molar-refractivity contribution < 1.29 is 0 Å². The molecule has 1 aromatic carbocycles.